The van der Waals surface area contributed by atoms with E-state index in [0.29, 0.717) is 11.3 Å². The van der Waals surface area contributed by atoms with Crippen LogP contribution in [0.2, 0.25) is 5.02 Å². The Labute approximate surface area is 144 Å². The number of ether oxygens (including phenoxy) is 1. The minimum absolute atomic E-state index is 0.0557. The molecule has 5 nitrogen and oxygen atoms in total. The Bertz CT molecular complexity index is 1020. The Kier molecular flexibility index (Phi) is 4.34. The lowest BCUT2D eigenvalue weighted by Gasteiger charge is -2.11. The van der Waals surface area contributed by atoms with Crippen LogP contribution in [0, 0.1) is 6.92 Å². The topological polar surface area (TPSA) is 65.5 Å². The fraction of sp³-hybridized carbons (Fsp3) is 0.118. The van der Waals surface area contributed by atoms with Crippen LogP contribution in [-0.2, 0) is 10.1 Å². The third-order valence-corrected chi connectivity index (χ3v) is 5.15. The molecule has 3 rings (SSSR count). The summed E-state index contributed by atoms with van der Waals surface area (Å²) < 4.78 is 35.6. The molecule has 0 N–H and O–H groups in total. The summed E-state index contributed by atoms with van der Waals surface area (Å²) in [5, 5.41) is 0.838. The largest absolute Gasteiger partial charge is 0.497 e. The number of pyridine rings is 1. The van der Waals surface area contributed by atoms with Gasteiger partial charge in [0.2, 0.25) is 0 Å². The van der Waals surface area contributed by atoms with Gasteiger partial charge >= 0.3 is 10.1 Å². The molecule has 0 saturated heterocycles. The molecule has 0 spiro atoms. The summed E-state index contributed by atoms with van der Waals surface area (Å²) in [7, 11) is -2.69. The van der Waals surface area contributed by atoms with Crippen LogP contribution in [0.5, 0.6) is 11.5 Å². The lowest BCUT2D eigenvalue weighted by atomic mass is 10.2. The maximum atomic E-state index is 12.6. The molecule has 0 unspecified atom stereocenters. The van der Waals surface area contributed by atoms with Crippen molar-refractivity contribution < 1.29 is 17.3 Å². The number of methoxy groups -OCH3 is 1. The van der Waals surface area contributed by atoms with Gasteiger partial charge in [0.1, 0.15) is 16.2 Å². The fourth-order valence-electron chi connectivity index (χ4n) is 2.25. The Morgan fingerprint density at radius 3 is 2.62 bits per heavy atom. The van der Waals surface area contributed by atoms with Gasteiger partial charge in [-0.25, -0.2) is 4.98 Å². The smallest absolute Gasteiger partial charge is 0.340 e. The summed E-state index contributed by atoms with van der Waals surface area (Å²) in [6, 6.07) is 13.1. The van der Waals surface area contributed by atoms with Gasteiger partial charge in [0.25, 0.3) is 0 Å². The summed E-state index contributed by atoms with van der Waals surface area (Å²) in [5.74, 6) is 0.517. The molecule has 124 valence electrons. The zero-order chi connectivity index (χ0) is 17.3. The van der Waals surface area contributed by atoms with Crippen LogP contribution in [0.15, 0.2) is 53.4 Å². The molecule has 24 heavy (non-hydrogen) atoms. The molecule has 0 fully saturated rings. The van der Waals surface area contributed by atoms with Crippen molar-refractivity contribution in [1.29, 1.82) is 0 Å². The lowest BCUT2D eigenvalue weighted by molar-refractivity contribution is 0.412. The molecule has 0 aliphatic carbocycles. The predicted molar refractivity (Wildman–Crippen MR) is 92.3 cm³/mol. The first kappa shape index (κ1) is 16.5. The number of halogens is 1. The van der Waals surface area contributed by atoms with Crippen LogP contribution < -0.4 is 8.92 Å². The van der Waals surface area contributed by atoms with Crippen LogP contribution in [0.1, 0.15) is 5.69 Å². The Morgan fingerprint density at radius 1 is 1.08 bits per heavy atom. The van der Waals surface area contributed by atoms with E-state index in [1.165, 1.54) is 19.2 Å². The normalized spacial score (nSPS) is 11.5. The van der Waals surface area contributed by atoms with E-state index in [1.807, 2.05) is 25.1 Å². The number of hydrogen-bond acceptors (Lipinski definition) is 5. The summed E-state index contributed by atoms with van der Waals surface area (Å²) in [5.41, 5.74) is 1.23. The van der Waals surface area contributed by atoms with Crippen LogP contribution in [0.4, 0.5) is 0 Å². The molecule has 0 atom stereocenters. The molecule has 0 radical (unpaired) electrons. The summed E-state index contributed by atoms with van der Waals surface area (Å²) in [6.07, 6.45) is 0. The van der Waals surface area contributed by atoms with Gasteiger partial charge in [-0.3, -0.25) is 0 Å². The highest BCUT2D eigenvalue weighted by atomic mass is 35.5. The van der Waals surface area contributed by atoms with Gasteiger partial charge in [-0.05, 0) is 31.2 Å². The number of hydrogen-bond donors (Lipinski definition) is 0. The number of nitrogens with zero attached hydrogens (tertiary/aromatic N) is 1. The van der Waals surface area contributed by atoms with Crippen molar-refractivity contribution in [1.82, 2.24) is 4.98 Å². The third-order valence-electron chi connectivity index (χ3n) is 3.43. The van der Waals surface area contributed by atoms with E-state index < -0.39 is 10.1 Å². The van der Waals surface area contributed by atoms with Gasteiger partial charge in [0.15, 0.2) is 5.75 Å². The molecule has 7 heteroatoms. The minimum atomic E-state index is -4.13. The van der Waals surface area contributed by atoms with E-state index in [1.54, 1.807) is 18.2 Å². The molecule has 0 amide bonds. The monoisotopic (exact) mass is 363 g/mol. The van der Waals surface area contributed by atoms with E-state index in [2.05, 4.69) is 4.98 Å². The van der Waals surface area contributed by atoms with Crippen molar-refractivity contribution in [2.24, 2.45) is 0 Å². The standard InChI is InChI=1S/C17H14ClNO4S/c1-11-6-7-12-4-3-5-15(17(12)19-11)23-24(20,21)16-10-13(22-2)8-9-14(16)18/h3-10H,1-2H3. The molecular weight excluding hydrogens is 350 g/mol. The van der Waals surface area contributed by atoms with Crippen molar-refractivity contribution in [3.8, 4) is 11.5 Å². The highest BCUT2D eigenvalue weighted by Gasteiger charge is 2.22. The summed E-state index contributed by atoms with van der Waals surface area (Å²) >= 11 is 6.02. The van der Waals surface area contributed by atoms with Gasteiger partial charge in [-0.2, -0.15) is 8.42 Å². The first-order valence-electron chi connectivity index (χ1n) is 7.05. The summed E-state index contributed by atoms with van der Waals surface area (Å²) in [4.78, 5) is 4.20. The molecule has 0 aliphatic rings. The molecular formula is C17H14ClNO4S. The molecule has 1 heterocycles. The van der Waals surface area contributed by atoms with Crippen LogP contribution in [-0.4, -0.2) is 20.5 Å². The van der Waals surface area contributed by atoms with Crippen molar-refractivity contribution in [3.05, 3.63) is 59.2 Å². The van der Waals surface area contributed by atoms with Gasteiger partial charge in [0.05, 0.1) is 12.1 Å². The second-order valence-electron chi connectivity index (χ2n) is 5.11. The average Bonchev–Trinajstić information content (AvgIpc) is 2.55. The number of aryl methyl sites for hydroxylation is 1. The van der Waals surface area contributed by atoms with Gasteiger partial charge in [0, 0.05) is 17.1 Å². The van der Waals surface area contributed by atoms with E-state index >= 15 is 0 Å². The van der Waals surface area contributed by atoms with Crippen molar-refractivity contribution in [2.45, 2.75) is 11.8 Å². The Hall–Kier alpha value is -2.31. The molecule has 0 aliphatic heterocycles. The number of para-hydroxylation sites is 1. The molecule has 3 aromatic rings. The zero-order valence-corrected chi connectivity index (χ0v) is 14.6. The molecule has 1 aromatic heterocycles. The molecule has 0 saturated carbocycles. The van der Waals surface area contributed by atoms with Gasteiger partial charge in [-0.15, -0.1) is 0 Å². The number of fused-ring (bicyclic) bond motifs is 1. The maximum Gasteiger partial charge on any atom is 0.340 e. The summed E-state index contributed by atoms with van der Waals surface area (Å²) in [6.45, 7) is 1.82. The van der Waals surface area contributed by atoms with Crippen LogP contribution in [0.3, 0.4) is 0 Å². The van der Waals surface area contributed by atoms with E-state index in [-0.39, 0.29) is 15.7 Å². The first-order chi connectivity index (χ1) is 11.4. The van der Waals surface area contributed by atoms with Crippen molar-refractivity contribution >= 4 is 32.6 Å². The van der Waals surface area contributed by atoms with E-state index in [4.69, 9.17) is 20.5 Å². The number of benzene rings is 2. The average molecular weight is 364 g/mol. The Morgan fingerprint density at radius 2 is 1.88 bits per heavy atom. The molecule has 2 aromatic carbocycles. The third kappa shape index (κ3) is 3.16. The minimum Gasteiger partial charge on any atom is -0.497 e. The maximum absolute atomic E-state index is 12.6. The second kappa shape index (κ2) is 6.30. The van der Waals surface area contributed by atoms with Gasteiger partial charge < -0.3 is 8.92 Å². The zero-order valence-electron chi connectivity index (χ0n) is 13.0. The van der Waals surface area contributed by atoms with Crippen molar-refractivity contribution in [2.75, 3.05) is 7.11 Å². The van der Waals surface area contributed by atoms with Gasteiger partial charge in [-0.1, -0.05) is 29.8 Å². The van der Waals surface area contributed by atoms with E-state index in [0.717, 1.165) is 11.1 Å². The lowest BCUT2D eigenvalue weighted by Crippen LogP contribution is -2.11. The highest BCUT2D eigenvalue weighted by molar-refractivity contribution is 7.87. The second-order valence-corrected chi connectivity index (χ2v) is 7.04. The number of aromatic nitrogens is 1. The van der Waals surface area contributed by atoms with E-state index in [9.17, 15) is 8.42 Å². The van der Waals surface area contributed by atoms with Crippen LogP contribution >= 0.6 is 11.6 Å². The Balaban J connectivity index is 2.09. The quantitative estimate of drug-likeness (QED) is 0.656. The van der Waals surface area contributed by atoms with Crippen molar-refractivity contribution in [3.63, 3.8) is 0 Å². The number of rotatable bonds is 4. The highest BCUT2D eigenvalue weighted by Crippen LogP contribution is 2.31. The van der Waals surface area contributed by atoms with Crippen LogP contribution in [0.25, 0.3) is 10.9 Å². The molecule has 0 bridgehead atoms. The first-order valence-corrected chi connectivity index (χ1v) is 8.84. The SMILES string of the molecule is COc1ccc(Cl)c(S(=O)(=O)Oc2cccc3ccc(C)nc23)c1. The predicted octanol–water partition coefficient (Wildman–Crippen LogP) is 3.97. The fourth-order valence-corrected chi connectivity index (χ4v) is 3.68.